The van der Waals surface area contributed by atoms with Crippen molar-refractivity contribution in [1.29, 1.82) is 0 Å². The monoisotopic (exact) mass is 324 g/mol. The van der Waals surface area contributed by atoms with Crippen molar-refractivity contribution < 1.29 is 14.6 Å². The summed E-state index contributed by atoms with van der Waals surface area (Å²) in [5.41, 5.74) is 0. The Morgan fingerprint density at radius 2 is 2.14 bits per heavy atom. The first kappa shape index (κ1) is 16.6. The third-order valence-electron chi connectivity index (χ3n) is 3.42. The third kappa shape index (κ3) is 5.24. The number of carbonyl (C=O) groups excluding carboxylic acids is 1. The van der Waals surface area contributed by atoms with Gasteiger partial charge < -0.3 is 20.5 Å². The molecular formula is C16H21ClN2O3. The van der Waals surface area contributed by atoms with Crippen molar-refractivity contribution in [2.24, 2.45) is 5.92 Å². The Kier molecular flexibility index (Phi) is 6.10. The summed E-state index contributed by atoms with van der Waals surface area (Å²) in [7, 11) is 0. The molecule has 0 heterocycles. The molecular weight excluding hydrogens is 304 g/mol. The molecule has 120 valence electrons. The number of benzene rings is 1. The highest BCUT2D eigenvalue weighted by molar-refractivity contribution is 6.30. The van der Waals surface area contributed by atoms with Crippen LogP contribution in [0.15, 0.2) is 36.4 Å². The number of nitrogens with one attached hydrogen (secondary N) is 2. The van der Waals surface area contributed by atoms with E-state index in [2.05, 4.69) is 10.6 Å². The molecule has 0 radical (unpaired) electrons. The lowest BCUT2D eigenvalue weighted by Crippen LogP contribution is -2.44. The Morgan fingerprint density at radius 1 is 1.41 bits per heavy atom. The highest BCUT2D eigenvalue weighted by atomic mass is 35.5. The fourth-order valence-corrected chi connectivity index (χ4v) is 2.39. The normalized spacial score (nSPS) is 21.4. The maximum absolute atomic E-state index is 11.8. The zero-order chi connectivity index (χ0) is 15.9. The molecule has 1 unspecified atom stereocenters. The zero-order valence-electron chi connectivity index (χ0n) is 12.5. The Bertz CT molecular complexity index is 519. The van der Waals surface area contributed by atoms with Crippen LogP contribution in [0.1, 0.15) is 13.3 Å². The number of carbonyl (C=O) groups is 1. The maximum atomic E-state index is 11.8. The lowest BCUT2D eigenvalue weighted by atomic mass is 10.1. The van der Waals surface area contributed by atoms with Crippen LogP contribution in [0.2, 0.25) is 5.02 Å². The van der Waals surface area contributed by atoms with E-state index in [-0.39, 0.29) is 30.7 Å². The molecule has 1 aliphatic rings. The van der Waals surface area contributed by atoms with Crippen LogP contribution < -0.4 is 15.4 Å². The van der Waals surface area contributed by atoms with Gasteiger partial charge in [0, 0.05) is 23.6 Å². The molecule has 0 fully saturated rings. The molecule has 6 heteroatoms. The fourth-order valence-electron chi connectivity index (χ4n) is 2.26. The van der Waals surface area contributed by atoms with Gasteiger partial charge in [-0.05, 0) is 37.6 Å². The van der Waals surface area contributed by atoms with Crippen LogP contribution in [0, 0.1) is 5.92 Å². The molecule has 0 saturated heterocycles. The Balaban J connectivity index is 1.67. The van der Waals surface area contributed by atoms with E-state index < -0.39 is 0 Å². The van der Waals surface area contributed by atoms with E-state index in [9.17, 15) is 4.79 Å². The van der Waals surface area contributed by atoms with Gasteiger partial charge in [0.25, 0.3) is 0 Å². The standard InChI is InChI=1S/C16H21ClN2O3/c1-11(22-15-6-3-13(17)4-7-15)9-18-16(21)19-14-5-2-12(8-14)10-20/h2-7,11-12,14,20H,8-10H2,1H3,(H2,18,19,21)/t11?,12-,14+/m0/s1. The SMILES string of the molecule is CC(CNC(=O)N[C@@H]1C=C[C@H](CO)C1)Oc1ccc(Cl)cc1. The summed E-state index contributed by atoms with van der Waals surface area (Å²) in [6, 6.07) is 6.83. The van der Waals surface area contributed by atoms with Gasteiger partial charge >= 0.3 is 6.03 Å². The number of hydrogen-bond donors (Lipinski definition) is 3. The average Bonchev–Trinajstić information content (AvgIpc) is 2.95. The summed E-state index contributed by atoms with van der Waals surface area (Å²) >= 11 is 5.81. The molecule has 0 spiro atoms. The molecule has 2 rings (SSSR count). The van der Waals surface area contributed by atoms with Crippen molar-refractivity contribution in [3.8, 4) is 5.75 Å². The molecule has 1 aromatic carbocycles. The minimum absolute atomic E-state index is 0.0235. The molecule has 0 bridgehead atoms. The number of aliphatic hydroxyl groups is 1. The van der Waals surface area contributed by atoms with Crippen LogP contribution in [-0.2, 0) is 0 Å². The number of urea groups is 1. The van der Waals surface area contributed by atoms with Gasteiger partial charge in [0.1, 0.15) is 11.9 Å². The maximum Gasteiger partial charge on any atom is 0.315 e. The summed E-state index contributed by atoms with van der Waals surface area (Å²) in [6.45, 7) is 2.39. The Hall–Kier alpha value is -1.72. The summed E-state index contributed by atoms with van der Waals surface area (Å²) in [6.07, 6.45) is 4.42. The topological polar surface area (TPSA) is 70.6 Å². The first-order chi connectivity index (χ1) is 10.6. The quantitative estimate of drug-likeness (QED) is 0.703. The number of rotatable bonds is 6. The molecule has 3 atom stereocenters. The lowest BCUT2D eigenvalue weighted by Gasteiger charge is -2.17. The number of hydrogen-bond acceptors (Lipinski definition) is 3. The van der Waals surface area contributed by atoms with Gasteiger partial charge in [-0.15, -0.1) is 0 Å². The van der Waals surface area contributed by atoms with Crippen molar-refractivity contribution >= 4 is 17.6 Å². The molecule has 1 aromatic rings. The number of halogens is 1. The van der Waals surface area contributed by atoms with Crippen molar-refractivity contribution in [3.63, 3.8) is 0 Å². The molecule has 3 N–H and O–H groups in total. The van der Waals surface area contributed by atoms with Crippen LogP contribution >= 0.6 is 11.6 Å². The number of ether oxygens (including phenoxy) is 1. The second-order valence-corrected chi connectivity index (χ2v) is 5.84. The smallest absolute Gasteiger partial charge is 0.315 e. The van der Waals surface area contributed by atoms with E-state index in [1.807, 2.05) is 19.1 Å². The second-order valence-electron chi connectivity index (χ2n) is 5.41. The van der Waals surface area contributed by atoms with E-state index >= 15 is 0 Å². The third-order valence-corrected chi connectivity index (χ3v) is 3.68. The van der Waals surface area contributed by atoms with Crippen molar-refractivity contribution in [2.45, 2.75) is 25.5 Å². The minimum atomic E-state index is -0.236. The highest BCUT2D eigenvalue weighted by Crippen LogP contribution is 2.17. The molecule has 1 aliphatic carbocycles. The predicted octanol–water partition coefficient (Wildman–Crippen LogP) is 2.34. The molecule has 5 nitrogen and oxygen atoms in total. The van der Waals surface area contributed by atoms with E-state index in [1.54, 1.807) is 24.3 Å². The van der Waals surface area contributed by atoms with E-state index in [4.69, 9.17) is 21.4 Å². The molecule has 0 aliphatic heterocycles. The van der Waals surface area contributed by atoms with E-state index in [0.29, 0.717) is 17.3 Å². The Labute approximate surface area is 135 Å². The van der Waals surface area contributed by atoms with Crippen molar-refractivity contribution in [1.82, 2.24) is 10.6 Å². The van der Waals surface area contributed by atoms with Gasteiger partial charge in [-0.2, -0.15) is 0 Å². The summed E-state index contributed by atoms with van der Waals surface area (Å²) < 4.78 is 5.68. The minimum Gasteiger partial charge on any atom is -0.489 e. The number of aliphatic hydroxyl groups excluding tert-OH is 1. The van der Waals surface area contributed by atoms with E-state index in [1.165, 1.54) is 0 Å². The molecule has 0 aromatic heterocycles. The van der Waals surface area contributed by atoms with E-state index in [0.717, 1.165) is 6.42 Å². The first-order valence-electron chi connectivity index (χ1n) is 7.32. The molecule has 2 amide bonds. The summed E-state index contributed by atoms with van der Waals surface area (Å²) in [5.74, 6) is 0.848. The van der Waals surface area contributed by atoms with Gasteiger partial charge in [-0.25, -0.2) is 4.79 Å². The average molecular weight is 325 g/mol. The van der Waals surface area contributed by atoms with Crippen molar-refractivity contribution in [2.75, 3.05) is 13.2 Å². The fraction of sp³-hybridized carbons (Fsp3) is 0.438. The highest BCUT2D eigenvalue weighted by Gasteiger charge is 2.19. The van der Waals surface area contributed by atoms with Gasteiger partial charge in [0.2, 0.25) is 0 Å². The predicted molar refractivity (Wildman–Crippen MR) is 86.2 cm³/mol. The molecule has 0 saturated carbocycles. The first-order valence-corrected chi connectivity index (χ1v) is 7.70. The largest absolute Gasteiger partial charge is 0.489 e. The van der Waals surface area contributed by atoms with Crippen molar-refractivity contribution in [3.05, 3.63) is 41.4 Å². The van der Waals surface area contributed by atoms with Gasteiger partial charge in [0.15, 0.2) is 0 Å². The second kappa shape index (κ2) is 8.06. The van der Waals surface area contributed by atoms with Crippen LogP contribution in [0.3, 0.4) is 0 Å². The summed E-state index contributed by atoms with van der Waals surface area (Å²) in [5, 5.41) is 15.3. The summed E-state index contributed by atoms with van der Waals surface area (Å²) in [4.78, 5) is 11.8. The van der Waals surface area contributed by atoms with Gasteiger partial charge in [-0.3, -0.25) is 0 Å². The van der Waals surface area contributed by atoms with Crippen LogP contribution in [0.5, 0.6) is 5.75 Å². The van der Waals surface area contributed by atoms with Crippen LogP contribution in [-0.4, -0.2) is 36.4 Å². The lowest BCUT2D eigenvalue weighted by molar-refractivity contribution is 0.205. The van der Waals surface area contributed by atoms with Crippen LogP contribution in [0.4, 0.5) is 4.79 Å². The Morgan fingerprint density at radius 3 is 2.77 bits per heavy atom. The van der Waals surface area contributed by atoms with Gasteiger partial charge in [0.05, 0.1) is 6.54 Å². The van der Waals surface area contributed by atoms with Gasteiger partial charge in [-0.1, -0.05) is 23.8 Å². The number of amides is 2. The van der Waals surface area contributed by atoms with Crippen LogP contribution in [0.25, 0.3) is 0 Å². The molecule has 22 heavy (non-hydrogen) atoms. The zero-order valence-corrected chi connectivity index (χ0v) is 13.2.